The van der Waals surface area contributed by atoms with Crippen LogP contribution >= 0.6 is 22.9 Å². The van der Waals surface area contributed by atoms with Crippen LogP contribution in [0.5, 0.6) is 0 Å². The number of ether oxygens (including phenoxy) is 1. The third-order valence-corrected chi connectivity index (χ3v) is 4.00. The zero-order chi connectivity index (χ0) is 16.9. The molecule has 0 amide bonds. The van der Waals surface area contributed by atoms with Gasteiger partial charge in [0.15, 0.2) is 17.6 Å². The highest BCUT2D eigenvalue weighted by Crippen LogP contribution is 2.22. The molecular formula is C14H12ClN5O3S. The number of rotatable bonds is 6. The van der Waals surface area contributed by atoms with Gasteiger partial charge >= 0.3 is 5.97 Å². The molecule has 10 heteroatoms. The molecule has 124 valence electrons. The van der Waals surface area contributed by atoms with E-state index in [1.165, 1.54) is 11.3 Å². The summed E-state index contributed by atoms with van der Waals surface area (Å²) < 4.78 is 10.3. The second kappa shape index (κ2) is 7.37. The molecule has 0 spiro atoms. The summed E-state index contributed by atoms with van der Waals surface area (Å²) in [4.78, 5) is 18.5. The highest BCUT2D eigenvalue weighted by atomic mass is 35.5. The van der Waals surface area contributed by atoms with Gasteiger partial charge in [0.2, 0.25) is 5.82 Å². The standard InChI is InChI=1S/C14H12ClN5O3S/c1-20(12-5-4-10(15)17-18-12)7-13(21)22-8-11-16-14(23-19-11)9-3-2-6-24-9/h2-6H,7-8H2,1H3. The fourth-order valence-electron chi connectivity index (χ4n) is 1.79. The molecule has 0 radical (unpaired) electrons. The Bertz CT molecular complexity index is 806. The largest absolute Gasteiger partial charge is 0.456 e. The molecular weight excluding hydrogens is 354 g/mol. The van der Waals surface area contributed by atoms with E-state index in [0.717, 1.165) is 4.88 Å². The Morgan fingerprint density at radius 3 is 2.96 bits per heavy atom. The Hall–Kier alpha value is -2.52. The lowest BCUT2D eigenvalue weighted by Crippen LogP contribution is -2.28. The van der Waals surface area contributed by atoms with Gasteiger partial charge in [0, 0.05) is 7.05 Å². The molecule has 24 heavy (non-hydrogen) atoms. The number of thiophene rings is 1. The maximum absolute atomic E-state index is 11.9. The SMILES string of the molecule is CN(CC(=O)OCc1noc(-c2cccs2)n1)c1ccc(Cl)nn1. The molecule has 0 aromatic carbocycles. The van der Waals surface area contributed by atoms with Crippen molar-refractivity contribution in [2.45, 2.75) is 6.61 Å². The zero-order valence-electron chi connectivity index (χ0n) is 12.5. The minimum Gasteiger partial charge on any atom is -0.456 e. The summed E-state index contributed by atoms with van der Waals surface area (Å²) in [5.74, 6) is 0.776. The lowest BCUT2D eigenvalue weighted by molar-refractivity contribution is -0.143. The summed E-state index contributed by atoms with van der Waals surface area (Å²) in [6.45, 7) is -0.0558. The number of hydrogen-bond donors (Lipinski definition) is 0. The molecule has 0 aliphatic carbocycles. The van der Waals surface area contributed by atoms with Gasteiger partial charge in [-0.2, -0.15) is 4.98 Å². The van der Waals surface area contributed by atoms with Crippen molar-refractivity contribution < 1.29 is 14.1 Å². The fourth-order valence-corrected chi connectivity index (χ4v) is 2.54. The van der Waals surface area contributed by atoms with E-state index in [2.05, 4.69) is 20.3 Å². The maximum Gasteiger partial charge on any atom is 0.326 e. The van der Waals surface area contributed by atoms with Gasteiger partial charge in [0.1, 0.15) is 6.54 Å². The van der Waals surface area contributed by atoms with Crippen LogP contribution in [-0.2, 0) is 16.1 Å². The van der Waals surface area contributed by atoms with Crippen LogP contribution in [0, 0.1) is 0 Å². The van der Waals surface area contributed by atoms with Crippen molar-refractivity contribution in [1.82, 2.24) is 20.3 Å². The number of carbonyl (C=O) groups is 1. The molecule has 0 aliphatic heterocycles. The first-order valence-electron chi connectivity index (χ1n) is 6.84. The first kappa shape index (κ1) is 16.3. The molecule has 0 saturated carbocycles. The van der Waals surface area contributed by atoms with Crippen molar-refractivity contribution in [2.24, 2.45) is 0 Å². The third kappa shape index (κ3) is 4.06. The number of aromatic nitrogens is 4. The van der Waals surface area contributed by atoms with E-state index < -0.39 is 5.97 Å². The lowest BCUT2D eigenvalue weighted by atomic mass is 10.4. The van der Waals surface area contributed by atoms with E-state index in [1.54, 1.807) is 24.1 Å². The van der Waals surface area contributed by atoms with Crippen LogP contribution in [0.4, 0.5) is 5.82 Å². The highest BCUT2D eigenvalue weighted by molar-refractivity contribution is 7.13. The normalized spacial score (nSPS) is 10.6. The van der Waals surface area contributed by atoms with Gasteiger partial charge in [-0.1, -0.05) is 22.8 Å². The number of esters is 1. The number of carbonyl (C=O) groups excluding carboxylic acids is 1. The van der Waals surface area contributed by atoms with E-state index in [1.807, 2.05) is 17.5 Å². The Labute approximate surface area is 146 Å². The molecule has 0 atom stereocenters. The van der Waals surface area contributed by atoms with Crippen molar-refractivity contribution in [2.75, 3.05) is 18.5 Å². The van der Waals surface area contributed by atoms with Crippen LogP contribution < -0.4 is 4.90 Å². The van der Waals surface area contributed by atoms with Crippen LogP contribution in [-0.4, -0.2) is 39.9 Å². The van der Waals surface area contributed by atoms with Crippen LogP contribution in [0.2, 0.25) is 5.15 Å². The molecule has 0 fully saturated rings. The molecule has 3 aromatic heterocycles. The summed E-state index contributed by atoms with van der Waals surface area (Å²) >= 11 is 7.16. The van der Waals surface area contributed by atoms with Gasteiger partial charge in [0.05, 0.1) is 4.88 Å². The Balaban J connectivity index is 1.51. The summed E-state index contributed by atoms with van der Waals surface area (Å²) in [6.07, 6.45) is 0. The topological polar surface area (TPSA) is 94.2 Å². The number of likely N-dealkylation sites (N-methyl/N-ethyl adjacent to an activating group) is 1. The second-order valence-electron chi connectivity index (χ2n) is 4.72. The monoisotopic (exact) mass is 365 g/mol. The van der Waals surface area contributed by atoms with E-state index >= 15 is 0 Å². The Morgan fingerprint density at radius 1 is 1.38 bits per heavy atom. The van der Waals surface area contributed by atoms with Crippen molar-refractivity contribution in [3.05, 3.63) is 40.6 Å². The van der Waals surface area contributed by atoms with Crippen molar-refractivity contribution in [1.29, 1.82) is 0 Å². The predicted molar refractivity (Wildman–Crippen MR) is 87.7 cm³/mol. The molecule has 0 N–H and O–H groups in total. The van der Waals surface area contributed by atoms with Gasteiger partial charge < -0.3 is 14.2 Å². The van der Waals surface area contributed by atoms with Gasteiger partial charge in [-0.25, -0.2) is 0 Å². The molecule has 3 rings (SSSR count). The summed E-state index contributed by atoms with van der Waals surface area (Å²) in [5.41, 5.74) is 0. The minimum atomic E-state index is -0.447. The van der Waals surface area contributed by atoms with Crippen LogP contribution in [0.15, 0.2) is 34.2 Å². The Kier molecular flexibility index (Phi) is 5.02. The number of anilines is 1. The molecule has 0 saturated heterocycles. The average molecular weight is 366 g/mol. The Morgan fingerprint density at radius 2 is 2.25 bits per heavy atom. The molecule has 0 bridgehead atoms. The van der Waals surface area contributed by atoms with E-state index in [4.69, 9.17) is 20.9 Å². The van der Waals surface area contributed by atoms with E-state index in [-0.39, 0.29) is 18.3 Å². The van der Waals surface area contributed by atoms with Crippen LogP contribution in [0.25, 0.3) is 10.8 Å². The average Bonchev–Trinajstić information content (AvgIpc) is 3.25. The summed E-state index contributed by atoms with van der Waals surface area (Å²) in [5, 5.41) is 13.6. The van der Waals surface area contributed by atoms with Gasteiger partial charge in [-0.05, 0) is 23.6 Å². The number of hydrogen-bond acceptors (Lipinski definition) is 9. The lowest BCUT2D eigenvalue weighted by Gasteiger charge is -2.15. The first-order valence-corrected chi connectivity index (χ1v) is 8.10. The smallest absolute Gasteiger partial charge is 0.326 e. The first-order chi connectivity index (χ1) is 11.6. The molecule has 0 unspecified atom stereocenters. The van der Waals surface area contributed by atoms with Crippen molar-refractivity contribution in [3.8, 4) is 10.8 Å². The van der Waals surface area contributed by atoms with Gasteiger partial charge in [-0.15, -0.1) is 21.5 Å². The number of halogens is 1. The van der Waals surface area contributed by atoms with E-state index in [9.17, 15) is 4.79 Å². The maximum atomic E-state index is 11.9. The second-order valence-corrected chi connectivity index (χ2v) is 6.06. The molecule has 3 heterocycles. The van der Waals surface area contributed by atoms with Crippen LogP contribution in [0.3, 0.4) is 0 Å². The summed E-state index contributed by atoms with van der Waals surface area (Å²) in [6, 6.07) is 7.02. The predicted octanol–water partition coefficient (Wildman–Crippen LogP) is 2.42. The molecule has 8 nitrogen and oxygen atoms in total. The zero-order valence-corrected chi connectivity index (χ0v) is 14.1. The molecule has 0 aliphatic rings. The van der Waals surface area contributed by atoms with Crippen LogP contribution in [0.1, 0.15) is 5.82 Å². The molecule has 3 aromatic rings. The van der Waals surface area contributed by atoms with Gasteiger partial charge in [0.25, 0.3) is 5.89 Å². The minimum absolute atomic E-state index is 0.00590. The fraction of sp³-hybridized carbons (Fsp3) is 0.214. The third-order valence-electron chi connectivity index (χ3n) is 2.94. The summed E-state index contributed by atoms with van der Waals surface area (Å²) in [7, 11) is 1.70. The highest BCUT2D eigenvalue weighted by Gasteiger charge is 2.14. The van der Waals surface area contributed by atoms with Crippen molar-refractivity contribution in [3.63, 3.8) is 0 Å². The van der Waals surface area contributed by atoms with Crippen molar-refractivity contribution >= 4 is 34.7 Å². The van der Waals surface area contributed by atoms with Gasteiger partial charge in [-0.3, -0.25) is 4.79 Å². The number of nitrogens with zero attached hydrogens (tertiary/aromatic N) is 5. The van der Waals surface area contributed by atoms with E-state index in [0.29, 0.717) is 17.5 Å². The quantitative estimate of drug-likeness (QED) is 0.615.